The Balaban J connectivity index is 1.57. The first kappa shape index (κ1) is 18.6. The van der Waals surface area contributed by atoms with Gasteiger partial charge in [0.25, 0.3) is 5.69 Å². The number of benzene rings is 1. The van der Waals surface area contributed by atoms with Gasteiger partial charge in [0.1, 0.15) is 0 Å². The predicted molar refractivity (Wildman–Crippen MR) is 101 cm³/mol. The number of nitro benzene ring substituents is 1. The van der Waals surface area contributed by atoms with E-state index in [1.807, 2.05) is 11.0 Å². The lowest BCUT2D eigenvalue weighted by molar-refractivity contribution is -0.384. The molecule has 0 atom stereocenters. The van der Waals surface area contributed by atoms with Crippen molar-refractivity contribution in [1.29, 1.82) is 0 Å². The zero-order valence-electron chi connectivity index (χ0n) is 15.2. The Morgan fingerprint density at radius 2 is 1.85 bits per heavy atom. The van der Waals surface area contributed by atoms with Gasteiger partial charge in [-0.25, -0.2) is 0 Å². The number of non-ortho nitro benzene ring substituents is 1. The van der Waals surface area contributed by atoms with Crippen LogP contribution in [0.4, 0.5) is 11.4 Å². The van der Waals surface area contributed by atoms with Crippen LogP contribution in [0.3, 0.4) is 0 Å². The maximum absolute atomic E-state index is 12.8. The molecule has 1 heterocycles. The number of carbonyl (C=O) groups excluding carboxylic acids is 1. The van der Waals surface area contributed by atoms with Crippen molar-refractivity contribution in [1.82, 2.24) is 4.90 Å². The van der Waals surface area contributed by atoms with Gasteiger partial charge in [-0.1, -0.05) is 25.3 Å². The SMILES string of the molecule is NCC1(CC(=O)N2CCN(c3cccc([N+](=O)[O-])c3)CC2)CCCCC1. The average molecular weight is 360 g/mol. The third kappa shape index (κ3) is 4.15. The van der Waals surface area contributed by atoms with E-state index in [9.17, 15) is 14.9 Å². The van der Waals surface area contributed by atoms with E-state index in [1.165, 1.54) is 25.3 Å². The molecule has 7 heteroatoms. The van der Waals surface area contributed by atoms with E-state index >= 15 is 0 Å². The molecule has 7 nitrogen and oxygen atoms in total. The molecule has 1 saturated carbocycles. The smallest absolute Gasteiger partial charge is 0.271 e. The maximum atomic E-state index is 12.8. The third-order valence-electron chi connectivity index (χ3n) is 5.91. The molecule has 0 spiro atoms. The van der Waals surface area contributed by atoms with E-state index in [0.717, 1.165) is 18.5 Å². The van der Waals surface area contributed by atoms with Crippen LogP contribution in [-0.2, 0) is 4.79 Å². The molecule has 0 unspecified atom stereocenters. The lowest BCUT2D eigenvalue weighted by Gasteiger charge is -2.40. The van der Waals surface area contributed by atoms with E-state index in [1.54, 1.807) is 12.1 Å². The number of piperazine rings is 1. The molecule has 3 rings (SSSR count). The van der Waals surface area contributed by atoms with Crippen LogP contribution in [0.5, 0.6) is 0 Å². The van der Waals surface area contributed by atoms with E-state index < -0.39 is 0 Å². The van der Waals surface area contributed by atoms with Crippen molar-refractivity contribution < 1.29 is 9.72 Å². The van der Waals surface area contributed by atoms with Gasteiger partial charge in [0, 0.05) is 50.4 Å². The topological polar surface area (TPSA) is 92.7 Å². The van der Waals surface area contributed by atoms with Gasteiger partial charge in [0.2, 0.25) is 5.91 Å². The van der Waals surface area contributed by atoms with Gasteiger partial charge in [-0.3, -0.25) is 14.9 Å². The number of rotatable bonds is 5. The van der Waals surface area contributed by atoms with Crippen LogP contribution in [0, 0.1) is 15.5 Å². The summed E-state index contributed by atoms with van der Waals surface area (Å²) in [6.07, 6.45) is 6.26. The van der Waals surface area contributed by atoms with Crippen LogP contribution in [0.1, 0.15) is 38.5 Å². The second-order valence-electron chi connectivity index (χ2n) is 7.59. The molecule has 2 aliphatic rings. The molecule has 142 valence electrons. The Morgan fingerprint density at radius 3 is 2.46 bits per heavy atom. The number of nitrogens with two attached hydrogens (primary N) is 1. The third-order valence-corrected chi connectivity index (χ3v) is 5.91. The van der Waals surface area contributed by atoms with E-state index in [4.69, 9.17) is 5.73 Å². The molecule has 1 aromatic carbocycles. The molecule has 2 fully saturated rings. The Kier molecular flexibility index (Phi) is 5.76. The summed E-state index contributed by atoms with van der Waals surface area (Å²) in [5.41, 5.74) is 6.96. The van der Waals surface area contributed by atoms with Gasteiger partial charge in [-0.05, 0) is 30.9 Å². The average Bonchev–Trinajstić information content (AvgIpc) is 2.69. The van der Waals surface area contributed by atoms with Crippen molar-refractivity contribution in [2.24, 2.45) is 11.1 Å². The number of hydrogen-bond donors (Lipinski definition) is 1. The summed E-state index contributed by atoms with van der Waals surface area (Å²) in [6, 6.07) is 6.69. The van der Waals surface area contributed by atoms with Gasteiger partial charge >= 0.3 is 0 Å². The molecular weight excluding hydrogens is 332 g/mol. The fourth-order valence-corrected chi connectivity index (χ4v) is 4.20. The molecule has 1 saturated heterocycles. The highest BCUT2D eigenvalue weighted by molar-refractivity contribution is 5.77. The maximum Gasteiger partial charge on any atom is 0.271 e. The largest absolute Gasteiger partial charge is 0.368 e. The summed E-state index contributed by atoms with van der Waals surface area (Å²) in [5.74, 6) is 0.205. The second-order valence-corrected chi connectivity index (χ2v) is 7.59. The quantitative estimate of drug-likeness (QED) is 0.643. The summed E-state index contributed by atoms with van der Waals surface area (Å²) < 4.78 is 0. The van der Waals surface area contributed by atoms with Crippen LogP contribution < -0.4 is 10.6 Å². The van der Waals surface area contributed by atoms with Gasteiger partial charge in [0.05, 0.1) is 4.92 Å². The second kappa shape index (κ2) is 8.03. The predicted octanol–water partition coefficient (Wildman–Crippen LogP) is 2.54. The number of nitrogens with zero attached hydrogens (tertiary/aromatic N) is 3. The van der Waals surface area contributed by atoms with Gasteiger partial charge in [0.15, 0.2) is 0 Å². The summed E-state index contributed by atoms with van der Waals surface area (Å²) in [6.45, 7) is 3.29. The Morgan fingerprint density at radius 1 is 1.15 bits per heavy atom. The van der Waals surface area contributed by atoms with Crippen molar-refractivity contribution in [2.75, 3.05) is 37.6 Å². The fourth-order valence-electron chi connectivity index (χ4n) is 4.20. The first-order valence-corrected chi connectivity index (χ1v) is 9.50. The molecular formula is C19H28N4O3. The molecule has 26 heavy (non-hydrogen) atoms. The van der Waals surface area contributed by atoms with Crippen molar-refractivity contribution in [3.8, 4) is 0 Å². The first-order chi connectivity index (χ1) is 12.5. The minimum absolute atomic E-state index is 0.00743. The van der Waals surface area contributed by atoms with Crippen molar-refractivity contribution in [3.05, 3.63) is 34.4 Å². The Hall–Kier alpha value is -2.15. The number of hydrogen-bond acceptors (Lipinski definition) is 5. The van der Waals surface area contributed by atoms with Gasteiger partial charge < -0.3 is 15.5 Å². The highest BCUT2D eigenvalue weighted by Crippen LogP contribution is 2.38. The van der Waals surface area contributed by atoms with Crippen molar-refractivity contribution in [2.45, 2.75) is 38.5 Å². The molecule has 0 aromatic heterocycles. The van der Waals surface area contributed by atoms with E-state index in [2.05, 4.69) is 4.90 Å². The summed E-state index contributed by atoms with van der Waals surface area (Å²) in [4.78, 5) is 27.4. The van der Waals surface area contributed by atoms with Crippen LogP contribution in [-0.4, -0.2) is 48.5 Å². The molecule has 0 bridgehead atoms. The Labute approximate surface area is 154 Å². The number of nitro groups is 1. The van der Waals surface area contributed by atoms with Gasteiger partial charge in [-0.2, -0.15) is 0 Å². The molecule has 1 aliphatic carbocycles. The summed E-state index contributed by atoms with van der Waals surface area (Å²) >= 11 is 0. The van der Waals surface area contributed by atoms with Crippen LogP contribution in [0.15, 0.2) is 24.3 Å². The highest BCUT2D eigenvalue weighted by atomic mass is 16.6. The standard InChI is InChI=1S/C19H28N4O3/c20-15-19(7-2-1-3-8-19)14-18(24)22-11-9-21(10-12-22)16-5-4-6-17(13-16)23(25)26/h4-6,13H,1-3,7-12,14-15,20H2. The van der Waals surface area contributed by atoms with E-state index in [0.29, 0.717) is 39.1 Å². The number of amides is 1. The summed E-state index contributed by atoms with van der Waals surface area (Å²) in [7, 11) is 0. The van der Waals surface area contributed by atoms with Crippen molar-refractivity contribution >= 4 is 17.3 Å². The van der Waals surface area contributed by atoms with Gasteiger partial charge in [-0.15, -0.1) is 0 Å². The normalized spacial score (nSPS) is 20.0. The Bertz CT molecular complexity index is 650. The van der Waals surface area contributed by atoms with Crippen LogP contribution in [0.2, 0.25) is 0 Å². The zero-order chi connectivity index (χ0) is 18.6. The number of anilines is 1. The lowest BCUT2D eigenvalue weighted by atomic mass is 9.71. The monoisotopic (exact) mass is 360 g/mol. The van der Waals surface area contributed by atoms with Crippen LogP contribution >= 0.6 is 0 Å². The molecule has 1 aliphatic heterocycles. The molecule has 1 amide bonds. The summed E-state index contributed by atoms with van der Waals surface area (Å²) in [5, 5.41) is 10.9. The fraction of sp³-hybridized carbons (Fsp3) is 0.632. The molecule has 1 aromatic rings. The highest BCUT2D eigenvalue weighted by Gasteiger charge is 2.35. The van der Waals surface area contributed by atoms with E-state index in [-0.39, 0.29) is 21.9 Å². The van der Waals surface area contributed by atoms with Crippen molar-refractivity contribution in [3.63, 3.8) is 0 Å². The minimum Gasteiger partial charge on any atom is -0.368 e. The first-order valence-electron chi connectivity index (χ1n) is 9.50. The lowest BCUT2D eigenvalue weighted by Crippen LogP contribution is -2.50. The molecule has 0 radical (unpaired) electrons. The molecule has 2 N–H and O–H groups in total. The number of carbonyl (C=O) groups is 1. The van der Waals surface area contributed by atoms with Crippen LogP contribution in [0.25, 0.3) is 0 Å². The zero-order valence-corrected chi connectivity index (χ0v) is 15.2. The minimum atomic E-state index is -0.375.